The Kier molecular flexibility index (Phi) is 5.69. The molecule has 1 aromatic rings. The van der Waals surface area contributed by atoms with Crippen LogP contribution in [-0.4, -0.2) is 48.6 Å². The van der Waals surface area contributed by atoms with Gasteiger partial charge in [0.05, 0.1) is 0 Å². The number of nitrogens with zero attached hydrogens (tertiary/aromatic N) is 2. The van der Waals surface area contributed by atoms with Gasteiger partial charge in [-0.3, -0.25) is 4.90 Å². The van der Waals surface area contributed by atoms with Gasteiger partial charge in [0.1, 0.15) is 0 Å². The number of hydrogen-bond acceptors (Lipinski definition) is 2. The van der Waals surface area contributed by atoms with Gasteiger partial charge in [0, 0.05) is 12.6 Å². The summed E-state index contributed by atoms with van der Waals surface area (Å²) in [7, 11) is 0. The molecule has 0 bridgehead atoms. The molecule has 0 spiro atoms. The second-order valence-electron chi connectivity index (χ2n) is 6.77. The number of aryl methyl sites for hydroxylation is 1. The summed E-state index contributed by atoms with van der Waals surface area (Å²) < 4.78 is 0. The van der Waals surface area contributed by atoms with Crippen molar-refractivity contribution in [1.29, 1.82) is 0 Å². The molecule has 2 aliphatic heterocycles. The summed E-state index contributed by atoms with van der Waals surface area (Å²) in [5.41, 5.74) is 2.74. The SMILES string of the molecule is CCc1ccc(/C=C/CN2CCC(N3CCCC3)CC2)cc1. The molecule has 3 rings (SSSR count). The lowest BCUT2D eigenvalue weighted by atomic mass is 10.0. The first-order valence-electron chi connectivity index (χ1n) is 9.07. The van der Waals surface area contributed by atoms with Gasteiger partial charge in [0.15, 0.2) is 0 Å². The van der Waals surface area contributed by atoms with E-state index in [0.717, 1.165) is 19.0 Å². The second kappa shape index (κ2) is 7.94. The van der Waals surface area contributed by atoms with Crippen molar-refractivity contribution in [1.82, 2.24) is 9.80 Å². The van der Waals surface area contributed by atoms with E-state index in [1.165, 1.54) is 63.0 Å². The molecule has 2 heterocycles. The number of likely N-dealkylation sites (tertiary alicyclic amines) is 2. The van der Waals surface area contributed by atoms with Crippen LogP contribution in [0.2, 0.25) is 0 Å². The van der Waals surface area contributed by atoms with Gasteiger partial charge in [-0.25, -0.2) is 0 Å². The standard InChI is InChI=1S/C20H30N2/c1-2-18-7-9-19(10-8-18)6-5-13-21-16-11-20(12-17-21)22-14-3-4-15-22/h5-10,20H,2-4,11-17H2,1H3/b6-5+. The lowest BCUT2D eigenvalue weighted by molar-refractivity contribution is 0.135. The Morgan fingerprint density at radius 2 is 1.68 bits per heavy atom. The monoisotopic (exact) mass is 298 g/mol. The smallest absolute Gasteiger partial charge is 0.0166 e. The van der Waals surface area contributed by atoms with Crippen LogP contribution in [0.5, 0.6) is 0 Å². The zero-order chi connectivity index (χ0) is 15.2. The van der Waals surface area contributed by atoms with Crippen molar-refractivity contribution >= 4 is 6.08 Å². The maximum atomic E-state index is 2.72. The highest BCUT2D eigenvalue weighted by atomic mass is 15.2. The van der Waals surface area contributed by atoms with E-state index in [4.69, 9.17) is 0 Å². The average molecular weight is 298 g/mol. The van der Waals surface area contributed by atoms with E-state index in [-0.39, 0.29) is 0 Å². The highest BCUT2D eigenvalue weighted by Gasteiger charge is 2.25. The van der Waals surface area contributed by atoms with Gasteiger partial charge in [0.25, 0.3) is 0 Å². The van der Waals surface area contributed by atoms with Crippen molar-refractivity contribution < 1.29 is 0 Å². The van der Waals surface area contributed by atoms with Crippen LogP contribution in [0.25, 0.3) is 6.08 Å². The van der Waals surface area contributed by atoms with E-state index < -0.39 is 0 Å². The lowest BCUT2D eigenvalue weighted by Gasteiger charge is -2.36. The predicted molar refractivity (Wildman–Crippen MR) is 95.1 cm³/mol. The molecule has 2 fully saturated rings. The molecule has 0 amide bonds. The third-order valence-electron chi connectivity index (χ3n) is 5.28. The molecule has 0 N–H and O–H groups in total. The van der Waals surface area contributed by atoms with E-state index in [0.29, 0.717) is 0 Å². The summed E-state index contributed by atoms with van der Waals surface area (Å²) in [5.74, 6) is 0. The van der Waals surface area contributed by atoms with Gasteiger partial charge < -0.3 is 4.90 Å². The fourth-order valence-corrected chi connectivity index (χ4v) is 3.78. The number of hydrogen-bond donors (Lipinski definition) is 0. The quantitative estimate of drug-likeness (QED) is 0.815. The fraction of sp³-hybridized carbons (Fsp3) is 0.600. The molecule has 2 heteroatoms. The Labute approximate surface area is 135 Å². The largest absolute Gasteiger partial charge is 0.300 e. The molecule has 120 valence electrons. The molecule has 2 saturated heterocycles. The summed E-state index contributed by atoms with van der Waals surface area (Å²) in [5, 5.41) is 0. The van der Waals surface area contributed by atoms with Crippen LogP contribution in [0.3, 0.4) is 0 Å². The first-order chi connectivity index (χ1) is 10.8. The van der Waals surface area contributed by atoms with E-state index in [9.17, 15) is 0 Å². The maximum Gasteiger partial charge on any atom is 0.0166 e. The summed E-state index contributed by atoms with van der Waals surface area (Å²) >= 11 is 0. The van der Waals surface area contributed by atoms with E-state index in [1.807, 2.05) is 0 Å². The van der Waals surface area contributed by atoms with E-state index in [1.54, 1.807) is 0 Å². The van der Waals surface area contributed by atoms with Crippen LogP contribution in [0.4, 0.5) is 0 Å². The normalized spacial score (nSPS) is 21.9. The Hall–Kier alpha value is -1.12. The fourth-order valence-electron chi connectivity index (χ4n) is 3.78. The first-order valence-corrected chi connectivity index (χ1v) is 9.07. The zero-order valence-corrected chi connectivity index (χ0v) is 14.0. The van der Waals surface area contributed by atoms with Gasteiger partial charge in [-0.15, -0.1) is 0 Å². The Morgan fingerprint density at radius 1 is 1.00 bits per heavy atom. The van der Waals surface area contributed by atoms with Crippen molar-refractivity contribution in [2.75, 3.05) is 32.7 Å². The number of rotatable bonds is 5. The van der Waals surface area contributed by atoms with E-state index in [2.05, 4.69) is 53.1 Å². The minimum atomic E-state index is 0.865. The third-order valence-corrected chi connectivity index (χ3v) is 5.28. The lowest BCUT2D eigenvalue weighted by Crippen LogP contribution is -2.43. The summed E-state index contributed by atoms with van der Waals surface area (Å²) in [6.07, 6.45) is 11.3. The second-order valence-corrected chi connectivity index (χ2v) is 6.77. The molecule has 2 nitrogen and oxygen atoms in total. The molecule has 0 unspecified atom stereocenters. The molecule has 0 aromatic heterocycles. The molecule has 0 atom stereocenters. The highest BCUT2D eigenvalue weighted by Crippen LogP contribution is 2.21. The minimum Gasteiger partial charge on any atom is -0.300 e. The van der Waals surface area contributed by atoms with Crippen molar-refractivity contribution in [3.63, 3.8) is 0 Å². The molecular weight excluding hydrogens is 268 g/mol. The summed E-state index contributed by atoms with van der Waals surface area (Å²) in [6, 6.07) is 9.80. The van der Waals surface area contributed by atoms with E-state index >= 15 is 0 Å². The van der Waals surface area contributed by atoms with Crippen LogP contribution < -0.4 is 0 Å². The topological polar surface area (TPSA) is 6.48 Å². The van der Waals surface area contributed by atoms with Gasteiger partial charge in [-0.1, -0.05) is 43.3 Å². The van der Waals surface area contributed by atoms with Crippen LogP contribution in [0.15, 0.2) is 30.3 Å². The molecule has 0 aliphatic carbocycles. The molecule has 0 saturated carbocycles. The number of piperidine rings is 1. The molecule has 22 heavy (non-hydrogen) atoms. The zero-order valence-electron chi connectivity index (χ0n) is 14.0. The Morgan fingerprint density at radius 3 is 2.32 bits per heavy atom. The van der Waals surface area contributed by atoms with Crippen molar-refractivity contribution in [3.05, 3.63) is 41.5 Å². The van der Waals surface area contributed by atoms with Crippen LogP contribution in [0.1, 0.15) is 43.7 Å². The average Bonchev–Trinajstić information content (AvgIpc) is 3.11. The Balaban J connectivity index is 1.41. The molecular formula is C20H30N2. The maximum absolute atomic E-state index is 2.72. The molecule has 2 aliphatic rings. The molecule has 0 radical (unpaired) electrons. The predicted octanol–water partition coefficient (Wildman–Crippen LogP) is 3.82. The van der Waals surface area contributed by atoms with Gasteiger partial charge in [0.2, 0.25) is 0 Å². The van der Waals surface area contributed by atoms with Crippen LogP contribution in [0, 0.1) is 0 Å². The van der Waals surface area contributed by atoms with Crippen LogP contribution in [-0.2, 0) is 6.42 Å². The van der Waals surface area contributed by atoms with Crippen molar-refractivity contribution in [2.24, 2.45) is 0 Å². The summed E-state index contributed by atoms with van der Waals surface area (Å²) in [4.78, 5) is 5.33. The third kappa shape index (κ3) is 4.21. The summed E-state index contributed by atoms with van der Waals surface area (Å²) in [6.45, 7) is 8.52. The molecule has 1 aromatic carbocycles. The van der Waals surface area contributed by atoms with Crippen LogP contribution >= 0.6 is 0 Å². The Bertz CT molecular complexity index is 463. The number of benzene rings is 1. The highest BCUT2D eigenvalue weighted by molar-refractivity contribution is 5.49. The first kappa shape index (κ1) is 15.8. The van der Waals surface area contributed by atoms with Gasteiger partial charge in [-0.05, 0) is 69.4 Å². The minimum absolute atomic E-state index is 0.865. The van der Waals surface area contributed by atoms with Crippen molar-refractivity contribution in [3.8, 4) is 0 Å². The van der Waals surface area contributed by atoms with Crippen molar-refractivity contribution in [2.45, 2.75) is 45.1 Å². The van der Waals surface area contributed by atoms with Gasteiger partial charge >= 0.3 is 0 Å². The van der Waals surface area contributed by atoms with Gasteiger partial charge in [-0.2, -0.15) is 0 Å².